The minimum Gasteiger partial charge on any atom is -0.507 e. The van der Waals surface area contributed by atoms with Crippen molar-refractivity contribution in [2.24, 2.45) is 0 Å². The third-order valence-corrected chi connectivity index (χ3v) is 4.14. The summed E-state index contributed by atoms with van der Waals surface area (Å²) in [6.07, 6.45) is 0. The van der Waals surface area contributed by atoms with Crippen LogP contribution in [0.4, 0.5) is 0 Å². The number of rotatable bonds is 1. The molecule has 0 unspecified atom stereocenters. The van der Waals surface area contributed by atoms with Gasteiger partial charge in [-0.25, -0.2) is 4.98 Å². The number of nitrogens with zero attached hydrogens (tertiary/aromatic N) is 1. The van der Waals surface area contributed by atoms with Gasteiger partial charge in [0.15, 0.2) is 0 Å². The normalized spacial score (nSPS) is 11.0. The van der Waals surface area contributed by atoms with E-state index >= 15 is 0 Å². The van der Waals surface area contributed by atoms with Gasteiger partial charge in [0, 0.05) is 0 Å². The molecular formula is C15H13NOS. The fourth-order valence-corrected chi connectivity index (χ4v) is 3.10. The molecule has 1 N–H and O–H groups in total. The monoisotopic (exact) mass is 255 g/mol. The lowest BCUT2D eigenvalue weighted by Gasteiger charge is -2.03. The van der Waals surface area contributed by atoms with E-state index in [0.29, 0.717) is 5.75 Å². The molecule has 90 valence electrons. The fraction of sp³-hybridized carbons (Fsp3) is 0.133. The Kier molecular flexibility index (Phi) is 2.56. The van der Waals surface area contributed by atoms with Gasteiger partial charge in [-0.1, -0.05) is 24.3 Å². The largest absolute Gasteiger partial charge is 0.507 e. The lowest BCUT2D eigenvalue weighted by atomic mass is 10.1. The van der Waals surface area contributed by atoms with Crippen molar-refractivity contribution in [2.45, 2.75) is 13.8 Å². The van der Waals surface area contributed by atoms with Crippen molar-refractivity contribution < 1.29 is 5.11 Å². The van der Waals surface area contributed by atoms with E-state index < -0.39 is 0 Å². The fourth-order valence-electron chi connectivity index (χ4n) is 2.03. The SMILES string of the molecule is Cc1cccc(-c2nc3c(C)cccc3s2)c1O. The first-order chi connectivity index (χ1) is 8.66. The average Bonchev–Trinajstić information content (AvgIpc) is 2.78. The number of para-hydroxylation sites is 2. The molecule has 18 heavy (non-hydrogen) atoms. The third kappa shape index (κ3) is 1.68. The van der Waals surface area contributed by atoms with E-state index in [9.17, 15) is 5.11 Å². The van der Waals surface area contributed by atoms with E-state index in [0.717, 1.165) is 26.4 Å². The first-order valence-corrected chi connectivity index (χ1v) is 6.63. The summed E-state index contributed by atoms with van der Waals surface area (Å²) in [5.74, 6) is 0.328. The molecule has 0 aliphatic heterocycles. The summed E-state index contributed by atoms with van der Waals surface area (Å²) < 4.78 is 1.16. The summed E-state index contributed by atoms with van der Waals surface area (Å²) in [6, 6.07) is 11.9. The van der Waals surface area contributed by atoms with Gasteiger partial charge in [-0.2, -0.15) is 0 Å². The van der Waals surface area contributed by atoms with Crippen LogP contribution in [0.15, 0.2) is 36.4 Å². The maximum atomic E-state index is 10.1. The maximum absolute atomic E-state index is 10.1. The van der Waals surface area contributed by atoms with Crippen LogP contribution in [0.1, 0.15) is 11.1 Å². The van der Waals surface area contributed by atoms with Crippen molar-refractivity contribution in [3.8, 4) is 16.3 Å². The number of hydrogen-bond acceptors (Lipinski definition) is 3. The van der Waals surface area contributed by atoms with Crippen molar-refractivity contribution in [1.82, 2.24) is 4.98 Å². The Hall–Kier alpha value is -1.87. The average molecular weight is 255 g/mol. The Labute approximate surface area is 110 Å². The van der Waals surface area contributed by atoms with Crippen LogP contribution in [0.25, 0.3) is 20.8 Å². The van der Waals surface area contributed by atoms with Crippen LogP contribution < -0.4 is 0 Å². The Morgan fingerprint density at radius 1 is 1.00 bits per heavy atom. The van der Waals surface area contributed by atoms with E-state index in [1.165, 1.54) is 5.56 Å². The zero-order valence-corrected chi connectivity index (χ0v) is 11.1. The zero-order chi connectivity index (χ0) is 12.7. The minimum atomic E-state index is 0.328. The third-order valence-electron chi connectivity index (χ3n) is 3.09. The lowest BCUT2D eigenvalue weighted by molar-refractivity contribution is 0.473. The number of aromatic nitrogens is 1. The second kappa shape index (κ2) is 4.10. The maximum Gasteiger partial charge on any atom is 0.128 e. The van der Waals surface area contributed by atoms with Crippen LogP contribution >= 0.6 is 11.3 Å². The van der Waals surface area contributed by atoms with Gasteiger partial charge in [0.25, 0.3) is 0 Å². The number of thiazole rings is 1. The topological polar surface area (TPSA) is 33.1 Å². The van der Waals surface area contributed by atoms with Crippen molar-refractivity contribution in [3.05, 3.63) is 47.5 Å². The van der Waals surface area contributed by atoms with E-state index in [4.69, 9.17) is 0 Å². The quantitative estimate of drug-likeness (QED) is 0.703. The molecule has 3 aromatic rings. The number of phenolic OH excluding ortho intramolecular Hbond substituents is 1. The molecule has 0 spiro atoms. The molecule has 1 heterocycles. The molecule has 0 bridgehead atoms. The van der Waals surface area contributed by atoms with Crippen LogP contribution in [0.3, 0.4) is 0 Å². The Bertz CT molecular complexity index is 730. The highest BCUT2D eigenvalue weighted by atomic mass is 32.1. The van der Waals surface area contributed by atoms with Crippen molar-refractivity contribution in [1.29, 1.82) is 0 Å². The Morgan fingerprint density at radius 2 is 1.72 bits per heavy atom. The van der Waals surface area contributed by atoms with Crippen LogP contribution in [-0.4, -0.2) is 10.1 Å². The van der Waals surface area contributed by atoms with Gasteiger partial charge in [0.05, 0.1) is 15.8 Å². The van der Waals surface area contributed by atoms with Crippen molar-refractivity contribution in [2.75, 3.05) is 0 Å². The van der Waals surface area contributed by atoms with Gasteiger partial charge in [0.1, 0.15) is 10.8 Å². The van der Waals surface area contributed by atoms with E-state index in [-0.39, 0.29) is 0 Å². The molecular weight excluding hydrogens is 242 g/mol. The Morgan fingerprint density at radius 3 is 2.50 bits per heavy atom. The van der Waals surface area contributed by atoms with E-state index in [1.807, 2.05) is 31.2 Å². The number of fused-ring (bicyclic) bond motifs is 1. The molecule has 0 saturated carbocycles. The summed E-state index contributed by atoms with van der Waals surface area (Å²) >= 11 is 1.62. The number of aromatic hydroxyl groups is 1. The molecule has 2 aromatic carbocycles. The highest BCUT2D eigenvalue weighted by Crippen LogP contribution is 2.37. The van der Waals surface area contributed by atoms with E-state index in [1.54, 1.807) is 11.3 Å². The first kappa shape index (κ1) is 11.2. The summed E-state index contributed by atoms with van der Waals surface area (Å²) in [6.45, 7) is 3.96. The first-order valence-electron chi connectivity index (χ1n) is 5.82. The molecule has 0 aliphatic carbocycles. The van der Waals surface area contributed by atoms with Crippen LogP contribution in [0, 0.1) is 13.8 Å². The summed E-state index contributed by atoms with van der Waals surface area (Å²) in [4.78, 5) is 4.64. The van der Waals surface area contributed by atoms with Gasteiger partial charge < -0.3 is 5.11 Å². The van der Waals surface area contributed by atoms with Gasteiger partial charge in [-0.05, 0) is 37.1 Å². The van der Waals surface area contributed by atoms with Crippen molar-refractivity contribution >= 4 is 21.6 Å². The van der Waals surface area contributed by atoms with Gasteiger partial charge in [0.2, 0.25) is 0 Å². The number of hydrogen-bond donors (Lipinski definition) is 1. The predicted octanol–water partition coefficient (Wildman–Crippen LogP) is 4.29. The second-order valence-corrected chi connectivity index (χ2v) is 5.44. The van der Waals surface area contributed by atoms with Gasteiger partial charge >= 0.3 is 0 Å². The lowest BCUT2D eigenvalue weighted by Crippen LogP contribution is -1.81. The van der Waals surface area contributed by atoms with Gasteiger partial charge in [-0.15, -0.1) is 11.3 Å². The molecule has 0 atom stereocenters. The van der Waals surface area contributed by atoms with Gasteiger partial charge in [-0.3, -0.25) is 0 Å². The summed E-state index contributed by atoms with van der Waals surface area (Å²) in [7, 11) is 0. The minimum absolute atomic E-state index is 0.328. The zero-order valence-electron chi connectivity index (χ0n) is 10.3. The molecule has 0 fully saturated rings. The molecule has 3 heteroatoms. The van der Waals surface area contributed by atoms with Crippen LogP contribution in [-0.2, 0) is 0 Å². The highest BCUT2D eigenvalue weighted by Gasteiger charge is 2.12. The molecule has 0 saturated heterocycles. The molecule has 0 aliphatic rings. The van der Waals surface area contributed by atoms with Crippen LogP contribution in [0.5, 0.6) is 5.75 Å². The molecule has 0 radical (unpaired) electrons. The number of aryl methyl sites for hydroxylation is 2. The smallest absolute Gasteiger partial charge is 0.128 e. The molecule has 3 rings (SSSR count). The molecule has 0 amide bonds. The van der Waals surface area contributed by atoms with Crippen molar-refractivity contribution in [3.63, 3.8) is 0 Å². The summed E-state index contributed by atoms with van der Waals surface area (Å²) in [5, 5.41) is 11.0. The number of benzene rings is 2. The second-order valence-electron chi connectivity index (χ2n) is 4.41. The predicted molar refractivity (Wildman–Crippen MR) is 76.2 cm³/mol. The molecule has 2 nitrogen and oxygen atoms in total. The Balaban J connectivity index is 2.26. The van der Waals surface area contributed by atoms with E-state index in [2.05, 4.69) is 24.0 Å². The molecule has 1 aromatic heterocycles. The number of phenols is 1. The summed E-state index contributed by atoms with van der Waals surface area (Å²) in [5.41, 5.74) is 3.89. The highest BCUT2D eigenvalue weighted by molar-refractivity contribution is 7.21. The standard InChI is InChI=1S/C15H13NOS/c1-9-5-4-8-12-13(9)16-15(18-12)11-7-3-6-10(2)14(11)17/h3-8,17H,1-2H3. The van der Waals surface area contributed by atoms with Crippen LogP contribution in [0.2, 0.25) is 0 Å².